The van der Waals surface area contributed by atoms with Gasteiger partial charge in [-0.3, -0.25) is 4.90 Å². The second-order valence-electron chi connectivity index (χ2n) is 7.77. The number of piperidine rings is 3. The van der Waals surface area contributed by atoms with Gasteiger partial charge in [0.1, 0.15) is 0 Å². The predicted molar refractivity (Wildman–Crippen MR) is 91.7 cm³/mol. The zero-order chi connectivity index (χ0) is 17.9. The molecule has 0 N–H and O–H groups in total. The van der Waals surface area contributed by atoms with E-state index < -0.39 is 26.9 Å². The summed E-state index contributed by atoms with van der Waals surface area (Å²) in [5.74, 6) is -1.71. The highest BCUT2D eigenvalue weighted by molar-refractivity contribution is 7.89. The number of sulfonamides is 1. The molecule has 0 aromatic heterocycles. The quantitative estimate of drug-likeness (QED) is 0.821. The second kappa shape index (κ2) is 5.99. The van der Waals surface area contributed by atoms with Gasteiger partial charge in [0, 0.05) is 24.5 Å². The third-order valence-electron chi connectivity index (χ3n) is 6.25. The third kappa shape index (κ3) is 2.54. The van der Waals surface area contributed by atoms with Crippen molar-refractivity contribution in [2.75, 3.05) is 19.6 Å². The molecular weight excluding hydrogens is 346 g/mol. The third-order valence-corrected chi connectivity index (χ3v) is 8.49. The van der Waals surface area contributed by atoms with Crippen LogP contribution < -0.4 is 0 Å². The van der Waals surface area contributed by atoms with Gasteiger partial charge in [0.25, 0.3) is 0 Å². The Kier molecular flexibility index (Phi) is 4.16. The smallest absolute Gasteiger partial charge is 0.216 e. The monoisotopic (exact) mass is 370 g/mol. The van der Waals surface area contributed by atoms with E-state index in [1.165, 1.54) is 6.07 Å². The van der Waals surface area contributed by atoms with E-state index in [0.29, 0.717) is 11.5 Å². The Bertz CT molecular complexity index is 775. The van der Waals surface area contributed by atoms with Gasteiger partial charge in [-0.15, -0.1) is 0 Å². The molecule has 0 radical (unpaired) electrons. The van der Waals surface area contributed by atoms with E-state index in [4.69, 9.17) is 0 Å². The van der Waals surface area contributed by atoms with Gasteiger partial charge in [-0.1, -0.05) is 12.1 Å². The van der Waals surface area contributed by atoms with E-state index in [1.54, 1.807) is 24.2 Å². The molecule has 0 unspecified atom stereocenters. The molecule has 4 aliphatic heterocycles. The summed E-state index contributed by atoms with van der Waals surface area (Å²) in [6.45, 7) is 5.43. The van der Waals surface area contributed by atoms with Crippen LogP contribution in [0.25, 0.3) is 0 Å². The van der Waals surface area contributed by atoms with Gasteiger partial charge < -0.3 is 0 Å². The molecule has 0 spiro atoms. The molecule has 4 saturated heterocycles. The summed E-state index contributed by atoms with van der Waals surface area (Å²) in [6, 6.07) is 4.05. The van der Waals surface area contributed by atoms with Gasteiger partial charge in [0.2, 0.25) is 10.0 Å². The van der Waals surface area contributed by atoms with Gasteiger partial charge >= 0.3 is 0 Å². The van der Waals surface area contributed by atoms with Gasteiger partial charge in [0.05, 0.1) is 5.25 Å². The number of halogens is 2. The fourth-order valence-electron chi connectivity index (χ4n) is 5.01. The molecule has 5 rings (SSSR count). The van der Waals surface area contributed by atoms with Crippen LogP contribution in [0.3, 0.4) is 0 Å². The number of benzene rings is 1. The van der Waals surface area contributed by atoms with Crippen molar-refractivity contribution in [1.82, 2.24) is 9.21 Å². The predicted octanol–water partition coefficient (Wildman–Crippen LogP) is 2.57. The van der Waals surface area contributed by atoms with Crippen LogP contribution in [-0.4, -0.2) is 54.6 Å². The van der Waals surface area contributed by atoms with Crippen LogP contribution in [0.4, 0.5) is 8.78 Å². The first-order valence-corrected chi connectivity index (χ1v) is 10.5. The van der Waals surface area contributed by atoms with Crippen molar-refractivity contribution in [2.45, 2.75) is 49.9 Å². The first-order valence-electron chi connectivity index (χ1n) is 9.01. The van der Waals surface area contributed by atoms with Crippen LogP contribution in [0.1, 0.15) is 38.2 Å². The van der Waals surface area contributed by atoms with Crippen molar-refractivity contribution in [3.63, 3.8) is 0 Å². The molecule has 25 heavy (non-hydrogen) atoms. The lowest BCUT2D eigenvalue weighted by Crippen LogP contribution is -2.61. The van der Waals surface area contributed by atoms with E-state index in [0.717, 1.165) is 32.0 Å². The van der Waals surface area contributed by atoms with Gasteiger partial charge in [-0.2, -0.15) is 4.31 Å². The van der Waals surface area contributed by atoms with Crippen LogP contribution in [0.5, 0.6) is 0 Å². The maximum Gasteiger partial charge on any atom is 0.216 e. The van der Waals surface area contributed by atoms with E-state index in [2.05, 4.69) is 4.90 Å². The minimum atomic E-state index is -3.44. The summed E-state index contributed by atoms with van der Waals surface area (Å²) in [7, 11) is -3.44. The number of hydrogen-bond donors (Lipinski definition) is 0. The van der Waals surface area contributed by atoms with E-state index in [-0.39, 0.29) is 24.5 Å². The standard InChI is InChI=1S/C18H24F2N2O2S/c1-11(2)25(23,24)22-10-14(13-4-3-5-15(19)16(13)20)18-17(22)12-6-8-21(18)9-7-12/h3-5,11-12,14,17-18H,6-10H2,1-2H3/t14-,17+,18+/m0/s1. The number of hydrogen-bond acceptors (Lipinski definition) is 3. The molecule has 0 amide bonds. The van der Waals surface area contributed by atoms with Crippen molar-refractivity contribution in [1.29, 1.82) is 0 Å². The van der Waals surface area contributed by atoms with Crippen LogP contribution in [0.15, 0.2) is 18.2 Å². The van der Waals surface area contributed by atoms with Crippen molar-refractivity contribution in [2.24, 2.45) is 5.92 Å². The lowest BCUT2D eigenvalue weighted by molar-refractivity contribution is 0.0118. The molecule has 138 valence electrons. The van der Waals surface area contributed by atoms with Crippen molar-refractivity contribution in [3.8, 4) is 0 Å². The molecule has 1 aromatic rings. The van der Waals surface area contributed by atoms with Crippen molar-refractivity contribution in [3.05, 3.63) is 35.4 Å². The molecule has 7 heteroatoms. The van der Waals surface area contributed by atoms with E-state index >= 15 is 0 Å². The lowest BCUT2D eigenvalue weighted by atomic mass is 9.75. The summed E-state index contributed by atoms with van der Waals surface area (Å²) < 4.78 is 55.7. The highest BCUT2D eigenvalue weighted by atomic mass is 32.2. The molecule has 0 aliphatic carbocycles. The van der Waals surface area contributed by atoms with Crippen LogP contribution >= 0.6 is 0 Å². The Morgan fingerprint density at radius 1 is 1.12 bits per heavy atom. The fourth-order valence-corrected chi connectivity index (χ4v) is 6.56. The minimum Gasteiger partial charge on any atom is -0.298 e. The lowest BCUT2D eigenvalue weighted by Gasteiger charge is -2.51. The van der Waals surface area contributed by atoms with Crippen molar-refractivity contribution < 1.29 is 17.2 Å². The Labute approximate surface area is 147 Å². The summed E-state index contributed by atoms with van der Waals surface area (Å²) in [5.41, 5.74) is 0.309. The number of fused-ring (bicyclic) bond motifs is 2. The summed E-state index contributed by atoms with van der Waals surface area (Å²) in [4.78, 5) is 2.29. The zero-order valence-electron chi connectivity index (χ0n) is 14.5. The fraction of sp³-hybridized carbons (Fsp3) is 0.667. The molecule has 0 saturated carbocycles. The van der Waals surface area contributed by atoms with Crippen molar-refractivity contribution >= 4 is 10.0 Å². The molecule has 1 aromatic carbocycles. The summed E-state index contributed by atoms with van der Waals surface area (Å²) in [5, 5.41) is -0.514. The maximum atomic E-state index is 14.5. The summed E-state index contributed by atoms with van der Waals surface area (Å²) in [6.07, 6.45) is 1.95. The molecule has 4 heterocycles. The van der Waals surface area contributed by atoms with Crippen LogP contribution in [0.2, 0.25) is 0 Å². The second-order valence-corrected chi connectivity index (χ2v) is 10.2. The average molecular weight is 370 g/mol. The summed E-state index contributed by atoms with van der Waals surface area (Å²) >= 11 is 0. The number of nitrogens with zero attached hydrogens (tertiary/aromatic N) is 2. The zero-order valence-corrected chi connectivity index (χ0v) is 15.3. The first kappa shape index (κ1) is 17.4. The number of rotatable bonds is 3. The van der Waals surface area contributed by atoms with Gasteiger partial charge in [0.15, 0.2) is 11.6 Å². The molecule has 4 nitrogen and oxygen atoms in total. The molecule has 3 atom stereocenters. The normalized spacial score (nSPS) is 35.3. The SMILES string of the molecule is CC(C)S(=O)(=O)N1C[C@@H](c2cccc(F)c2F)[C@@H]2[C@H]1C1CCN2CC1. The Hall–Kier alpha value is -1.05. The maximum absolute atomic E-state index is 14.5. The van der Waals surface area contributed by atoms with E-state index in [1.807, 2.05) is 0 Å². The largest absolute Gasteiger partial charge is 0.298 e. The molecular formula is C18H24F2N2O2S. The van der Waals surface area contributed by atoms with Crippen LogP contribution in [0, 0.1) is 17.6 Å². The topological polar surface area (TPSA) is 40.6 Å². The molecule has 2 bridgehead atoms. The highest BCUT2D eigenvalue weighted by Gasteiger charge is 2.57. The highest BCUT2D eigenvalue weighted by Crippen LogP contribution is 2.48. The van der Waals surface area contributed by atoms with Gasteiger partial charge in [-0.25, -0.2) is 17.2 Å². The molecule has 4 aliphatic rings. The van der Waals surface area contributed by atoms with E-state index in [9.17, 15) is 17.2 Å². The Balaban J connectivity index is 1.80. The average Bonchev–Trinajstić information content (AvgIpc) is 3.01. The van der Waals surface area contributed by atoms with Crippen LogP contribution in [-0.2, 0) is 10.0 Å². The minimum absolute atomic E-state index is 0.0580. The Morgan fingerprint density at radius 2 is 1.80 bits per heavy atom. The Morgan fingerprint density at radius 3 is 2.44 bits per heavy atom. The van der Waals surface area contributed by atoms with Gasteiger partial charge in [-0.05, 0) is 57.3 Å². The first-order chi connectivity index (χ1) is 11.8. The molecule has 4 fully saturated rings.